The van der Waals surface area contributed by atoms with Gasteiger partial charge in [0.25, 0.3) is 0 Å². The summed E-state index contributed by atoms with van der Waals surface area (Å²) < 4.78 is 5.52. The molecule has 3 heteroatoms. The van der Waals surface area contributed by atoms with E-state index in [9.17, 15) is 0 Å². The fourth-order valence-electron chi connectivity index (χ4n) is 2.44. The highest BCUT2D eigenvalue weighted by atomic mass is 16.5. The zero-order chi connectivity index (χ0) is 13.8. The summed E-state index contributed by atoms with van der Waals surface area (Å²) in [7, 11) is 0. The molecular formula is C16H26N2O. The number of nitrogens with zero attached hydrogens (tertiary/aromatic N) is 1. The van der Waals surface area contributed by atoms with E-state index >= 15 is 0 Å². The Morgan fingerprint density at radius 1 is 1.32 bits per heavy atom. The van der Waals surface area contributed by atoms with Gasteiger partial charge >= 0.3 is 0 Å². The lowest BCUT2D eigenvalue weighted by Gasteiger charge is -2.17. The maximum atomic E-state index is 5.52. The van der Waals surface area contributed by atoms with Gasteiger partial charge in [0.2, 0.25) is 0 Å². The predicted molar refractivity (Wildman–Crippen MR) is 78.5 cm³/mol. The third kappa shape index (κ3) is 3.77. The van der Waals surface area contributed by atoms with Crippen molar-refractivity contribution in [1.29, 1.82) is 0 Å². The van der Waals surface area contributed by atoms with E-state index < -0.39 is 0 Å². The molecule has 1 N–H and O–H groups in total. The number of nitrogens with one attached hydrogen (secondary N) is 1. The lowest BCUT2D eigenvalue weighted by molar-refractivity contribution is 0.193. The van der Waals surface area contributed by atoms with E-state index in [0.717, 1.165) is 26.2 Å². The van der Waals surface area contributed by atoms with Crippen molar-refractivity contribution < 1.29 is 4.74 Å². The Bertz CT molecular complexity index is 409. The molecule has 1 atom stereocenters. The van der Waals surface area contributed by atoms with Gasteiger partial charge in [-0.15, -0.1) is 0 Å². The van der Waals surface area contributed by atoms with Crippen molar-refractivity contribution in [2.75, 3.05) is 13.2 Å². The Balaban J connectivity index is 2.24. The quantitative estimate of drug-likeness (QED) is 0.884. The van der Waals surface area contributed by atoms with Gasteiger partial charge in [0, 0.05) is 30.8 Å². The molecule has 0 spiro atoms. The maximum absolute atomic E-state index is 5.52. The Morgan fingerprint density at radius 3 is 2.68 bits per heavy atom. The highest BCUT2D eigenvalue weighted by molar-refractivity contribution is 5.28. The molecule has 2 rings (SSSR count). The van der Waals surface area contributed by atoms with Crippen molar-refractivity contribution in [1.82, 2.24) is 10.3 Å². The Hall–Kier alpha value is -0.930. The van der Waals surface area contributed by atoms with E-state index in [1.54, 1.807) is 0 Å². The van der Waals surface area contributed by atoms with Gasteiger partial charge in [0.05, 0.1) is 12.3 Å². The molecule has 3 nitrogen and oxygen atoms in total. The molecule has 0 bridgehead atoms. The first-order valence-corrected chi connectivity index (χ1v) is 7.38. The van der Waals surface area contributed by atoms with Gasteiger partial charge in [-0.05, 0) is 24.0 Å². The lowest BCUT2D eigenvalue weighted by atomic mass is 9.95. The van der Waals surface area contributed by atoms with Gasteiger partial charge in [-0.1, -0.05) is 33.8 Å². The molecule has 0 radical (unpaired) electrons. The smallest absolute Gasteiger partial charge is 0.0580 e. The van der Waals surface area contributed by atoms with Crippen LogP contribution in [0.15, 0.2) is 12.1 Å². The lowest BCUT2D eigenvalue weighted by Crippen LogP contribution is -2.24. The predicted octanol–water partition coefficient (Wildman–Crippen LogP) is 3.21. The SMILES string of the molecule is CC(C)NCc1nc(C(C)C)ccc1[C@@H]1CCOC1. The number of pyridine rings is 1. The van der Waals surface area contributed by atoms with Crippen LogP contribution in [0, 0.1) is 0 Å². The van der Waals surface area contributed by atoms with E-state index in [-0.39, 0.29) is 0 Å². The highest BCUT2D eigenvalue weighted by Crippen LogP contribution is 2.28. The van der Waals surface area contributed by atoms with Crippen LogP contribution in [0.1, 0.15) is 62.9 Å². The number of rotatable bonds is 5. The molecule has 1 aliphatic heterocycles. The standard InChI is InChI=1S/C16H26N2O/c1-11(2)15-6-5-14(13-7-8-19-10-13)16(18-15)9-17-12(3)4/h5-6,11-13,17H,7-10H2,1-4H3/t13-/m1/s1. The van der Waals surface area contributed by atoms with Crippen LogP contribution in [-0.4, -0.2) is 24.2 Å². The zero-order valence-electron chi connectivity index (χ0n) is 12.6. The van der Waals surface area contributed by atoms with E-state index in [4.69, 9.17) is 9.72 Å². The van der Waals surface area contributed by atoms with Gasteiger partial charge in [0.1, 0.15) is 0 Å². The van der Waals surface area contributed by atoms with Gasteiger partial charge in [0.15, 0.2) is 0 Å². The molecular weight excluding hydrogens is 236 g/mol. The largest absolute Gasteiger partial charge is 0.381 e. The second-order valence-electron chi connectivity index (χ2n) is 6.02. The number of aromatic nitrogens is 1. The average molecular weight is 262 g/mol. The fraction of sp³-hybridized carbons (Fsp3) is 0.688. The number of hydrogen-bond donors (Lipinski definition) is 1. The Kier molecular flexibility index (Phi) is 4.94. The first-order valence-electron chi connectivity index (χ1n) is 7.38. The molecule has 1 saturated heterocycles. The second kappa shape index (κ2) is 6.49. The Morgan fingerprint density at radius 2 is 2.11 bits per heavy atom. The number of ether oxygens (including phenoxy) is 1. The van der Waals surface area contributed by atoms with Crippen LogP contribution in [0.2, 0.25) is 0 Å². The summed E-state index contributed by atoms with van der Waals surface area (Å²) in [6, 6.07) is 4.92. The van der Waals surface area contributed by atoms with Crippen molar-refractivity contribution in [3.05, 3.63) is 29.1 Å². The van der Waals surface area contributed by atoms with Crippen LogP contribution in [0.25, 0.3) is 0 Å². The third-order valence-electron chi connectivity index (χ3n) is 3.67. The summed E-state index contributed by atoms with van der Waals surface area (Å²) in [5.74, 6) is 1.00. The summed E-state index contributed by atoms with van der Waals surface area (Å²) >= 11 is 0. The monoisotopic (exact) mass is 262 g/mol. The molecule has 1 aromatic heterocycles. The minimum atomic E-state index is 0.478. The van der Waals surface area contributed by atoms with Crippen LogP contribution < -0.4 is 5.32 Å². The van der Waals surface area contributed by atoms with Crippen molar-refractivity contribution in [3.63, 3.8) is 0 Å². The third-order valence-corrected chi connectivity index (χ3v) is 3.67. The van der Waals surface area contributed by atoms with Crippen LogP contribution in [0.4, 0.5) is 0 Å². The van der Waals surface area contributed by atoms with Crippen LogP contribution in [0.5, 0.6) is 0 Å². The summed E-state index contributed by atoms with van der Waals surface area (Å²) in [6.07, 6.45) is 1.12. The first kappa shape index (κ1) is 14.5. The van der Waals surface area contributed by atoms with E-state index in [2.05, 4.69) is 45.1 Å². The summed E-state index contributed by atoms with van der Waals surface area (Å²) in [4.78, 5) is 4.87. The topological polar surface area (TPSA) is 34.2 Å². The molecule has 0 aliphatic carbocycles. The van der Waals surface area contributed by atoms with Crippen molar-refractivity contribution >= 4 is 0 Å². The molecule has 1 aromatic rings. The molecule has 0 aromatic carbocycles. The zero-order valence-corrected chi connectivity index (χ0v) is 12.6. The van der Waals surface area contributed by atoms with Crippen molar-refractivity contribution in [2.24, 2.45) is 0 Å². The first-order chi connectivity index (χ1) is 9.08. The summed E-state index contributed by atoms with van der Waals surface area (Å²) in [5, 5.41) is 3.49. The molecule has 0 saturated carbocycles. The molecule has 19 heavy (non-hydrogen) atoms. The van der Waals surface area contributed by atoms with E-state index in [1.807, 2.05) is 0 Å². The second-order valence-corrected chi connectivity index (χ2v) is 6.02. The normalized spacial score (nSPS) is 19.6. The van der Waals surface area contributed by atoms with E-state index in [1.165, 1.54) is 17.0 Å². The van der Waals surface area contributed by atoms with Gasteiger partial charge in [-0.25, -0.2) is 0 Å². The summed E-state index contributed by atoms with van der Waals surface area (Å²) in [5.41, 5.74) is 3.76. The minimum Gasteiger partial charge on any atom is -0.381 e. The van der Waals surface area contributed by atoms with Crippen molar-refractivity contribution in [2.45, 2.75) is 58.5 Å². The number of hydrogen-bond acceptors (Lipinski definition) is 3. The average Bonchev–Trinajstić information content (AvgIpc) is 2.89. The molecule has 2 heterocycles. The van der Waals surface area contributed by atoms with Crippen LogP contribution in [-0.2, 0) is 11.3 Å². The van der Waals surface area contributed by atoms with E-state index in [0.29, 0.717) is 17.9 Å². The Labute approximate surface area is 116 Å². The van der Waals surface area contributed by atoms with Gasteiger partial charge in [-0.3, -0.25) is 4.98 Å². The molecule has 0 amide bonds. The maximum Gasteiger partial charge on any atom is 0.0580 e. The molecule has 106 valence electrons. The van der Waals surface area contributed by atoms with Gasteiger partial charge < -0.3 is 10.1 Å². The minimum absolute atomic E-state index is 0.478. The summed E-state index contributed by atoms with van der Waals surface area (Å²) in [6.45, 7) is 11.3. The fourth-order valence-corrected chi connectivity index (χ4v) is 2.44. The molecule has 0 unspecified atom stereocenters. The van der Waals surface area contributed by atoms with Crippen LogP contribution >= 0.6 is 0 Å². The molecule has 1 aliphatic rings. The van der Waals surface area contributed by atoms with Crippen LogP contribution in [0.3, 0.4) is 0 Å². The highest BCUT2D eigenvalue weighted by Gasteiger charge is 2.21. The van der Waals surface area contributed by atoms with Crippen molar-refractivity contribution in [3.8, 4) is 0 Å². The molecule has 1 fully saturated rings. The van der Waals surface area contributed by atoms with Gasteiger partial charge in [-0.2, -0.15) is 0 Å².